The van der Waals surface area contributed by atoms with Crippen molar-refractivity contribution in [1.29, 1.82) is 0 Å². The molecule has 2 rings (SSSR count). The van der Waals surface area contributed by atoms with Gasteiger partial charge in [0.1, 0.15) is 5.75 Å². The number of nitrogens with two attached hydrogens (primary N) is 1. The van der Waals surface area contributed by atoms with Gasteiger partial charge in [-0.05, 0) is 54.9 Å². The average molecular weight is 290 g/mol. The van der Waals surface area contributed by atoms with Crippen LogP contribution in [0.15, 0.2) is 18.2 Å². The van der Waals surface area contributed by atoms with Gasteiger partial charge < -0.3 is 15.8 Å². The molecule has 0 fully saturated rings. The summed E-state index contributed by atoms with van der Waals surface area (Å²) in [6.45, 7) is 5.04. The monoisotopic (exact) mass is 290 g/mol. The molecule has 0 spiro atoms. The molecule has 0 aliphatic heterocycles. The highest BCUT2D eigenvalue weighted by molar-refractivity contribution is 5.77. The summed E-state index contributed by atoms with van der Waals surface area (Å²) in [5, 5.41) is 2.87. The Balaban J connectivity index is 1.83. The number of benzene rings is 1. The number of carbonyl (C=O) groups is 1. The second-order valence-corrected chi connectivity index (χ2v) is 6.18. The number of rotatable bonds is 6. The zero-order chi connectivity index (χ0) is 15.2. The van der Waals surface area contributed by atoms with Crippen molar-refractivity contribution in [2.24, 2.45) is 11.7 Å². The van der Waals surface area contributed by atoms with Gasteiger partial charge in [-0.1, -0.05) is 19.9 Å². The Morgan fingerprint density at radius 2 is 2.29 bits per heavy atom. The van der Waals surface area contributed by atoms with Crippen molar-refractivity contribution in [3.63, 3.8) is 0 Å². The lowest BCUT2D eigenvalue weighted by atomic mass is 9.88. The van der Waals surface area contributed by atoms with Crippen LogP contribution in [0.3, 0.4) is 0 Å². The van der Waals surface area contributed by atoms with Gasteiger partial charge in [-0.2, -0.15) is 0 Å². The molecule has 0 radical (unpaired) electrons. The molecule has 0 aromatic heterocycles. The van der Waals surface area contributed by atoms with Crippen LogP contribution in [0.1, 0.15) is 50.3 Å². The van der Waals surface area contributed by atoms with Crippen LogP contribution in [0.25, 0.3) is 0 Å². The number of ether oxygens (including phenoxy) is 1. The summed E-state index contributed by atoms with van der Waals surface area (Å²) >= 11 is 0. The van der Waals surface area contributed by atoms with Crippen molar-refractivity contribution in [3.05, 3.63) is 29.3 Å². The van der Waals surface area contributed by atoms with Crippen molar-refractivity contribution >= 4 is 5.91 Å². The molecule has 0 unspecified atom stereocenters. The van der Waals surface area contributed by atoms with E-state index in [0.29, 0.717) is 12.5 Å². The summed E-state index contributed by atoms with van der Waals surface area (Å²) in [5.41, 5.74) is 8.60. The van der Waals surface area contributed by atoms with Crippen molar-refractivity contribution in [2.45, 2.75) is 45.6 Å². The molecule has 0 saturated carbocycles. The van der Waals surface area contributed by atoms with Crippen LogP contribution in [-0.4, -0.2) is 19.1 Å². The molecule has 4 heteroatoms. The Bertz CT molecular complexity index is 486. The highest BCUT2D eigenvalue weighted by Crippen LogP contribution is 2.30. The molecular weight excluding hydrogens is 264 g/mol. The zero-order valence-corrected chi connectivity index (χ0v) is 13.0. The molecule has 3 N–H and O–H groups in total. The number of fused-ring (bicyclic) bond motifs is 1. The summed E-state index contributed by atoms with van der Waals surface area (Å²) in [6, 6.07) is 6.08. The number of carbonyl (C=O) groups excluding carboxylic acids is 1. The smallest absolute Gasteiger partial charge is 0.257 e. The molecule has 0 bridgehead atoms. The normalized spacial score (nSPS) is 17.4. The topological polar surface area (TPSA) is 64.3 Å². The van der Waals surface area contributed by atoms with Crippen LogP contribution < -0.4 is 15.8 Å². The maximum absolute atomic E-state index is 11.7. The van der Waals surface area contributed by atoms with E-state index in [1.54, 1.807) is 0 Å². The van der Waals surface area contributed by atoms with Gasteiger partial charge in [0, 0.05) is 12.6 Å². The molecule has 0 heterocycles. The Morgan fingerprint density at radius 1 is 1.48 bits per heavy atom. The molecule has 0 saturated heterocycles. The van der Waals surface area contributed by atoms with E-state index in [-0.39, 0.29) is 18.6 Å². The summed E-state index contributed by atoms with van der Waals surface area (Å²) in [7, 11) is 0. The average Bonchev–Trinajstić information content (AvgIpc) is 2.45. The predicted molar refractivity (Wildman–Crippen MR) is 84.3 cm³/mol. The minimum Gasteiger partial charge on any atom is -0.484 e. The SMILES string of the molecule is CC(C)CCNC(=O)COc1ccc2c(c1)[C@@H](N)CCC2. The molecule has 1 aromatic carbocycles. The molecular formula is C17H26N2O2. The lowest BCUT2D eigenvalue weighted by Crippen LogP contribution is -2.30. The standard InChI is InChI=1S/C17H26N2O2/c1-12(2)8-9-19-17(20)11-21-14-7-6-13-4-3-5-16(18)15(13)10-14/h6-7,10,12,16H,3-5,8-9,11,18H2,1-2H3,(H,19,20)/t16-/m0/s1. The van der Waals surface area contributed by atoms with Gasteiger partial charge in [0.2, 0.25) is 0 Å². The summed E-state index contributed by atoms with van der Waals surface area (Å²) < 4.78 is 5.57. The van der Waals surface area contributed by atoms with Gasteiger partial charge >= 0.3 is 0 Å². The number of amides is 1. The predicted octanol–water partition coefficient (Wildman–Crippen LogP) is 2.56. The molecule has 1 aliphatic rings. The summed E-state index contributed by atoms with van der Waals surface area (Å²) in [6.07, 6.45) is 4.23. The minimum atomic E-state index is -0.0716. The Morgan fingerprint density at radius 3 is 3.05 bits per heavy atom. The fourth-order valence-corrected chi connectivity index (χ4v) is 2.60. The van der Waals surface area contributed by atoms with Gasteiger partial charge in [0.05, 0.1) is 0 Å². The van der Waals surface area contributed by atoms with Gasteiger partial charge in [-0.25, -0.2) is 0 Å². The molecule has 1 amide bonds. The van der Waals surface area contributed by atoms with Crippen LogP contribution in [-0.2, 0) is 11.2 Å². The Kier molecular flexibility index (Phi) is 5.62. The molecule has 4 nitrogen and oxygen atoms in total. The third kappa shape index (κ3) is 4.74. The molecule has 1 aliphatic carbocycles. The van der Waals surface area contributed by atoms with E-state index >= 15 is 0 Å². The van der Waals surface area contributed by atoms with E-state index in [1.807, 2.05) is 12.1 Å². The lowest BCUT2D eigenvalue weighted by Gasteiger charge is -2.22. The number of hydrogen-bond acceptors (Lipinski definition) is 3. The first-order chi connectivity index (χ1) is 10.1. The van der Waals surface area contributed by atoms with E-state index in [1.165, 1.54) is 11.1 Å². The van der Waals surface area contributed by atoms with Crippen LogP contribution in [0, 0.1) is 5.92 Å². The maximum Gasteiger partial charge on any atom is 0.257 e. The largest absolute Gasteiger partial charge is 0.484 e. The third-order valence-electron chi connectivity index (χ3n) is 3.89. The van der Waals surface area contributed by atoms with Crippen molar-refractivity contribution in [1.82, 2.24) is 5.32 Å². The van der Waals surface area contributed by atoms with Crippen LogP contribution in [0.5, 0.6) is 5.75 Å². The highest BCUT2D eigenvalue weighted by Gasteiger charge is 2.17. The molecule has 116 valence electrons. The number of hydrogen-bond donors (Lipinski definition) is 2. The van der Waals surface area contributed by atoms with E-state index in [9.17, 15) is 4.79 Å². The van der Waals surface area contributed by atoms with Gasteiger partial charge in [0.15, 0.2) is 6.61 Å². The van der Waals surface area contributed by atoms with Gasteiger partial charge in [-0.3, -0.25) is 4.79 Å². The van der Waals surface area contributed by atoms with E-state index in [4.69, 9.17) is 10.5 Å². The lowest BCUT2D eigenvalue weighted by molar-refractivity contribution is -0.123. The number of aryl methyl sites for hydroxylation is 1. The first-order valence-electron chi connectivity index (χ1n) is 7.84. The van der Waals surface area contributed by atoms with E-state index in [2.05, 4.69) is 25.2 Å². The van der Waals surface area contributed by atoms with E-state index in [0.717, 1.165) is 31.4 Å². The molecule has 1 aromatic rings. The van der Waals surface area contributed by atoms with Gasteiger partial charge in [-0.15, -0.1) is 0 Å². The second kappa shape index (κ2) is 7.46. The number of nitrogens with one attached hydrogen (secondary N) is 1. The van der Waals surface area contributed by atoms with E-state index < -0.39 is 0 Å². The van der Waals surface area contributed by atoms with Crippen LogP contribution in [0.2, 0.25) is 0 Å². The summed E-state index contributed by atoms with van der Waals surface area (Å²) in [4.78, 5) is 11.7. The van der Waals surface area contributed by atoms with Crippen LogP contribution in [0.4, 0.5) is 0 Å². The highest BCUT2D eigenvalue weighted by atomic mass is 16.5. The first-order valence-corrected chi connectivity index (χ1v) is 7.84. The fraction of sp³-hybridized carbons (Fsp3) is 0.588. The fourth-order valence-electron chi connectivity index (χ4n) is 2.60. The quantitative estimate of drug-likeness (QED) is 0.846. The van der Waals surface area contributed by atoms with Gasteiger partial charge in [0.25, 0.3) is 5.91 Å². The third-order valence-corrected chi connectivity index (χ3v) is 3.89. The van der Waals surface area contributed by atoms with Crippen LogP contribution >= 0.6 is 0 Å². The maximum atomic E-state index is 11.7. The second-order valence-electron chi connectivity index (χ2n) is 6.18. The minimum absolute atomic E-state index is 0.0616. The Labute approximate surface area is 127 Å². The molecule has 1 atom stereocenters. The molecule has 21 heavy (non-hydrogen) atoms. The zero-order valence-electron chi connectivity index (χ0n) is 13.0. The Hall–Kier alpha value is -1.55. The van der Waals surface area contributed by atoms with Crippen molar-refractivity contribution in [3.8, 4) is 5.75 Å². The van der Waals surface area contributed by atoms with Crippen molar-refractivity contribution in [2.75, 3.05) is 13.2 Å². The van der Waals surface area contributed by atoms with Crippen molar-refractivity contribution < 1.29 is 9.53 Å². The summed E-state index contributed by atoms with van der Waals surface area (Å²) in [5.74, 6) is 1.25. The first kappa shape index (κ1) is 15.8.